The number of piperazine rings is 1. The molecule has 0 bridgehead atoms. The third kappa shape index (κ3) is 6.04. The molecule has 3 N–H and O–H groups in total. The van der Waals surface area contributed by atoms with Gasteiger partial charge in [-0.15, -0.1) is 0 Å². The number of hydrogen-bond donors (Lipinski definition) is 2. The molecule has 0 unspecified atom stereocenters. The largest absolute Gasteiger partial charge is 0.494 e. The van der Waals surface area contributed by atoms with E-state index in [4.69, 9.17) is 10.5 Å². The Morgan fingerprint density at radius 1 is 1.00 bits per heavy atom. The highest BCUT2D eigenvalue weighted by Gasteiger charge is 2.31. The average Bonchev–Trinajstić information content (AvgIpc) is 2.80. The van der Waals surface area contributed by atoms with Gasteiger partial charge in [0.25, 0.3) is 0 Å². The Hall–Kier alpha value is -3.60. The van der Waals surface area contributed by atoms with E-state index in [-0.39, 0.29) is 5.95 Å². The Kier molecular flexibility index (Phi) is 7.01. The number of halogens is 3. The Morgan fingerprint density at radius 2 is 1.74 bits per heavy atom. The smallest absolute Gasteiger partial charge is 0.416 e. The van der Waals surface area contributed by atoms with Gasteiger partial charge in [-0.1, -0.05) is 6.07 Å². The molecule has 1 aliphatic rings. The molecule has 180 valence electrons. The fourth-order valence-electron chi connectivity index (χ4n) is 3.74. The highest BCUT2D eigenvalue weighted by Crippen LogP contribution is 2.32. The Morgan fingerprint density at radius 3 is 2.41 bits per heavy atom. The second-order valence-corrected chi connectivity index (χ2v) is 7.83. The fraction of sp³-hybridized carbons (Fsp3) is 0.348. The lowest BCUT2D eigenvalue weighted by atomic mass is 10.1. The first kappa shape index (κ1) is 23.6. The molecular weight excluding hydrogens is 447 g/mol. The van der Waals surface area contributed by atoms with Gasteiger partial charge in [0.05, 0.1) is 18.7 Å². The number of hydrogen-bond acceptors (Lipinski definition) is 8. The molecule has 0 aliphatic carbocycles. The molecule has 4 rings (SSSR count). The average molecular weight is 474 g/mol. The molecule has 0 atom stereocenters. The van der Waals surface area contributed by atoms with Crippen LogP contribution in [0.3, 0.4) is 0 Å². The second-order valence-electron chi connectivity index (χ2n) is 7.83. The van der Waals surface area contributed by atoms with Crippen molar-refractivity contribution in [2.75, 3.05) is 48.7 Å². The number of aromatic nitrogens is 3. The van der Waals surface area contributed by atoms with Gasteiger partial charge in [-0.2, -0.15) is 28.1 Å². The van der Waals surface area contributed by atoms with Gasteiger partial charge in [0.2, 0.25) is 11.9 Å². The standard InChI is InChI=1S/C23H26F3N7O/c1-2-34-19-8-6-17(7-9-19)28-22-30-20(29-21(27)31-22)15-32-10-12-33(13-11-32)18-5-3-4-16(14-18)23(24,25)26/h3-9,14H,2,10-13,15H2,1H3,(H3,27,28,29,30,31). The number of nitrogens with two attached hydrogens (primary N) is 1. The maximum atomic E-state index is 13.0. The SMILES string of the molecule is CCOc1ccc(Nc2nc(N)nc(CN3CCN(c4cccc(C(F)(F)F)c4)CC3)n2)cc1. The maximum Gasteiger partial charge on any atom is 0.416 e. The van der Waals surface area contributed by atoms with E-state index in [0.717, 1.165) is 17.5 Å². The van der Waals surface area contributed by atoms with Gasteiger partial charge in [0.1, 0.15) is 11.6 Å². The minimum absolute atomic E-state index is 0.112. The van der Waals surface area contributed by atoms with E-state index in [0.29, 0.717) is 56.8 Å². The summed E-state index contributed by atoms with van der Waals surface area (Å²) in [5.74, 6) is 1.75. The summed E-state index contributed by atoms with van der Waals surface area (Å²) in [6, 6.07) is 12.8. The van der Waals surface area contributed by atoms with Gasteiger partial charge >= 0.3 is 6.18 Å². The molecule has 0 radical (unpaired) electrons. The normalized spacial score (nSPS) is 14.8. The van der Waals surface area contributed by atoms with Gasteiger partial charge in [-0.25, -0.2) is 0 Å². The summed E-state index contributed by atoms with van der Waals surface area (Å²) in [6.07, 6.45) is -4.35. The monoisotopic (exact) mass is 473 g/mol. The van der Waals surface area contributed by atoms with Crippen molar-refractivity contribution in [1.29, 1.82) is 0 Å². The molecular formula is C23H26F3N7O. The van der Waals surface area contributed by atoms with Gasteiger partial charge in [0.15, 0.2) is 0 Å². The van der Waals surface area contributed by atoms with Crippen molar-refractivity contribution in [2.24, 2.45) is 0 Å². The van der Waals surface area contributed by atoms with E-state index in [1.54, 1.807) is 6.07 Å². The van der Waals surface area contributed by atoms with Crippen LogP contribution in [-0.2, 0) is 12.7 Å². The molecule has 8 nitrogen and oxygen atoms in total. The highest BCUT2D eigenvalue weighted by atomic mass is 19.4. The first-order valence-corrected chi connectivity index (χ1v) is 10.9. The van der Waals surface area contributed by atoms with E-state index in [1.165, 1.54) is 12.1 Å². The lowest BCUT2D eigenvalue weighted by Gasteiger charge is -2.36. The van der Waals surface area contributed by atoms with Crippen LogP contribution in [0, 0.1) is 0 Å². The zero-order chi connectivity index (χ0) is 24.1. The number of anilines is 4. The Labute approximate surface area is 195 Å². The molecule has 1 aliphatic heterocycles. The zero-order valence-electron chi connectivity index (χ0n) is 18.7. The van der Waals surface area contributed by atoms with Gasteiger partial charge < -0.3 is 20.7 Å². The minimum atomic E-state index is -4.35. The molecule has 1 aromatic heterocycles. The fourth-order valence-corrected chi connectivity index (χ4v) is 3.74. The summed E-state index contributed by atoms with van der Waals surface area (Å²) in [5.41, 5.74) is 6.61. The predicted molar refractivity (Wildman–Crippen MR) is 124 cm³/mol. The van der Waals surface area contributed by atoms with E-state index in [2.05, 4.69) is 25.2 Å². The summed E-state index contributed by atoms with van der Waals surface area (Å²) < 4.78 is 44.5. The Balaban J connectivity index is 1.36. The summed E-state index contributed by atoms with van der Waals surface area (Å²) >= 11 is 0. The first-order chi connectivity index (χ1) is 16.3. The van der Waals surface area contributed by atoms with E-state index in [1.807, 2.05) is 36.1 Å². The number of nitrogen functional groups attached to an aromatic ring is 1. The van der Waals surface area contributed by atoms with Crippen molar-refractivity contribution >= 4 is 23.3 Å². The number of nitrogens with zero attached hydrogens (tertiary/aromatic N) is 5. The second kappa shape index (κ2) is 10.1. The topological polar surface area (TPSA) is 92.4 Å². The zero-order valence-corrected chi connectivity index (χ0v) is 18.7. The van der Waals surface area contributed by atoms with Gasteiger partial charge in [0, 0.05) is 37.6 Å². The Bertz CT molecular complexity index is 1100. The molecule has 11 heteroatoms. The van der Waals surface area contributed by atoms with Crippen LogP contribution in [0.2, 0.25) is 0 Å². The van der Waals surface area contributed by atoms with Gasteiger partial charge in [-0.05, 0) is 49.4 Å². The molecule has 2 aromatic carbocycles. The molecule has 1 saturated heterocycles. The van der Waals surface area contributed by atoms with Gasteiger partial charge in [-0.3, -0.25) is 4.90 Å². The summed E-state index contributed by atoms with van der Waals surface area (Å²) in [4.78, 5) is 17.0. The van der Waals surface area contributed by atoms with Crippen molar-refractivity contribution in [1.82, 2.24) is 19.9 Å². The third-order valence-corrected chi connectivity index (χ3v) is 5.40. The third-order valence-electron chi connectivity index (χ3n) is 5.40. The minimum Gasteiger partial charge on any atom is -0.494 e. The molecule has 0 saturated carbocycles. The van der Waals surface area contributed by atoms with Crippen molar-refractivity contribution in [3.63, 3.8) is 0 Å². The molecule has 3 aromatic rings. The molecule has 1 fully saturated rings. The molecule has 0 spiro atoms. The van der Waals surface area contributed by atoms with Crippen LogP contribution >= 0.6 is 0 Å². The number of benzene rings is 2. The van der Waals surface area contributed by atoms with Crippen molar-refractivity contribution in [3.05, 3.63) is 59.9 Å². The van der Waals surface area contributed by atoms with Crippen LogP contribution in [0.25, 0.3) is 0 Å². The quantitative estimate of drug-likeness (QED) is 0.533. The highest BCUT2D eigenvalue weighted by molar-refractivity contribution is 5.55. The maximum absolute atomic E-state index is 13.0. The lowest BCUT2D eigenvalue weighted by Crippen LogP contribution is -2.46. The van der Waals surface area contributed by atoms with Crippen molar-refractivity contribution < 1.29 is 17.9 Å². The molecule has 34 heavy (non-hydrogen) atoms. The lowest BCUT2D eigenvalue weighted by molar-refractivity contribution is -0.137. The van der Waals surface area contributed by atoms with Crippen molar-refractivity contribution in [2.45, 2.75) is 19.6 Å². The predicted octanol–water partition coefficient (Wildman–Crippen LogP) is 3.94. The van der Waals surface area contributed by atoms with Crippen LogP contribution in [0.5, 0.6) is 5.75 Å². The van der Waals surface area contributed by atoms with Crippen molar-refractivity contribution in [3.8, 4) is 5.75 Å². The van der Waals surface area contributed by atoms with E-state index in [9.17, 15) is 13.2 Å². The summed E-state index contributed by atoms with van der Waals surface area (Å²) in [7, 11) is 0. The van der Waals surface area contributed by atoms with Crippen LogP contribution in [0.15, 0.2) is 48.5 Å². The first-order valence-electron chi connectivity index (χ1n) is 10.9. The number of ether oxygens (including phenoxy) is 1. The van der Waals surface area contributed by atoms with E-state index >= 15 is 0 Å². The molecule has 0 amide bonds. The van der Waals surface area contributed by atoms with E-state index < -0.39 is 11.7 Å². The molecule has 2 heterocycles. The van der Waals surface area contributed by atoms with Crippen LogP contribution in [0.4, 0.5) is 36.4 Å². The number of rotatable bonds is 7. The summed E-state index contributed by atoms with van der Waals surface area (Å²) in [6.45, 7) is 5.48. The number of nitrogens with one attached hydrogen (secondary N) is 1. The summed E-state index contributed by atoms with van der Waals surface area (Å²) in [5, 5.41) is 3.12. The number of alkyl halides is 3. The van der Waals surface area contributed by atoms with Crippen LogP contribution in [-0.4, -0.2) is 52.6 Å². The van der Waals surface area contributed by atoms with Crippen LogP contribution < -0.4 is 20.7 Å². The van der Waals surface area contributed by atoms with Crippen LogP contribution in [0.1, 0.15) is 18.3 Å².